The first-order chi connectivity index (χ1) is 13.8. The van der Waals surface area contributed by atoms with Gasteiger partial charge in [0.1, 0.15) is 12.9 Å². The second kappa shape index (κ2) is 9.25. The van der Waals surface area contributed by atoms with Gasteiger partial charge in [-0.25, -0.2) is 4.99 Å². The van der Waals surface area contributed by atoms with Crippen LogP contribution in [0.25, 0.3) is 0 Å². The summed E-state index contributed by atoms with van der Waals surface area (Å²) in [6, 6.07) is 5.61. The lowest BCUT2D eigenvalue weighted by Crippen LogP contribution is -2.44. The summed E-state index contributed by atoms with van der Waals surface area (Å²) in [6.45, 7) is 5.48. The Hall–Kier alpha value is -2.62. The third-order valence-electron chi connectivity index (χ3n) is 4.83. The molecule has 2 heterocycles. The minimum atomic E-state index is -4.30. The molecule has 0 amide bonds. The Morgan fingerprint density at radius 1 is 1.28 bits per heavy atom. The molecule has 0 bridgehead atoms. The maximum absolute atomic E-state index is 12.7. The van der Waals surface area contributed by atoms with Crippen LogP contribution in [0.3, 0.4) is 0 Å². The van der Waals surface area contributed by atoms with E-state index in [1.165, 1.54) is 0 Å². The van der Waals surface area contributed by atoms with Crippen molar-refractivity contribution in [1.82, 2.24) is 30.3 Å². The van der Waals surface area contributed by atoms with Crippen molar-refractivity contribution in [3.8, 4) is 0 Å². The smallest absolute Gasteiger partial charge is 0.357 e. The largest absolute Gasteiger partial charge is 0.416 e. The summed E-state index contributed by atoms with van der Waals surface area (Å²) < 4.78 is 39.9. The summed E-state index contributed by atoms with van der Waals surface area (Å²) >= 11 is 0. The van der Waals surface area contributed by atoms with E-state index in [1.54, 1.807) is 18.5 Å². The first-order valence-electron chi connectivity index (χ1n) is 9.61. The monoisotopic (exact) mass is 409 g/mol. The second-order valence-corrected chi connectivity index (χ2v) is 7.11. The van der Waals surface area contributed by atoms with Crippen LogP contribution in [0.4, 0.5) is 13.2 Å². The highest BCUT2D eigenvalue weighted by Gasteiger charge is 2.30. The third kappa shape index (κ3) is 5.93. The van der Waals surface area contributed by atoms with Gasteiger partial charge >= 0.3 is 6.18 Å². The van der Waals surface area contributed by atoms with Crippen LogP contribution in [0.5, 0.6) is 0 Å². The molecule has 1 fully saturated rings. The Balaban J connectivity index is 1.53. The molecule has 0 spiro atoms. The lowest BCUT2D eigenvalue weighted by Gasteiger charge is -2.19. The SMILES string of the molecule is CCNC(=NCc1nncn1C)NC1CCN(Cc2ccc(C(F)(F)F)cc2)C1. The maximum atomic E-state index is 12.7. The number of aromatic nitrogens is 3. The van der Waals surface area contributed by atoms with Crippen LogP contribution in [0.2, 0.25) is 0 Å². The van der Waals surface area contributed by atoms with Gasteiger partial charge < -0.3 is 15.2 Å². The van der Waals surface area contributed by atoms with Gasteiger partial charge in [-0.2, -0.15) is 13.2 Å². The van der Waals surface area contributed by atoms with E-state index < -0.39 is 11.7 Å². The lowest BCUT2D eigenvalue weighted by atomic mass is 10.1. The van der Waals surface area contributed by atoms with Gasteiger partial charge in [0.25, 0.3) is 0 Å². The van der Waals surface area contributed by atoms with E-state index >= 15 is 0 Å². The molecule has 0 aliphatic carbocycles. The van der Waals surface area contributed by atoms with Crippen LogP contribution in [0, 0.1) is 0 Å². The maximum Gasteiger partial charge on any atom is 0.416 e. The molecular formula is C19H26F3N7. The van der Waals surface area contributed by atoms with Crippen molar-refractivity contribution in [2.24, 2.45) is 12.0 Å². The molecule has 0 radical (unpaired) electrons. The van der Waals surface area contributed by atoms with Crippen molar-refractivity contribution < 1.29 is 13.2 Å². The number of aryl methyl sites for hydroxylation is 1. The molecule has 158 valence electrons. The first-order valence-corrected chi connectivity index (χ1v) is 9.61. The molecule has 1 aromatic heterocycles. The zero-order valence-electron chi connectivity index (χ0n) is 16.6. The van der Waals surface area contributed by atoms with Crippen molar-refractivity contribution >= 4 is 5.96 Å². The van der Waals surface area contributed by atoms with E-state index in [0.717, 1.165) is 55.5 Å². The Morgan fingerprint density at radius 2 is 2.03 bits per heavy atom. The quantitative estimate of drug-likeness (QED) is 0.565. The van der Waals surface area contributed by atoms with Gasteiger partial charge in [-0.15, -0.1) is 10.2 Å². The molecular weight excluding hydrogens is 383 g/mol. The highest BCUT2D eigenvalue weighted by Crippen LogP contribution is 2.29. The number of hydrogen-bond donors (Lipinski definition) is 2. The van der Waals surface area contributed by atoms with Crippen LogP contribution in [-0.2, 0) is 26.3 Å². The molecule has 1 aliphatic rings. The Morgan fingerprint density at radius 3 is 2.66 bits per heavy atom. The standard InChI is InChI=1S/C19H26F3N7/c1-3-23-18(24-10-17-27-25-13-28(17)2)26-16-8-9-29(12-16)11-14-4-6-15(7-5-14)19(20,21)22/h4-7,13,16H,3,8-12H2,1-2H3,(H2,23,24,26). The zero-order valence-corrected chi connectivity index (χ0v) is 16.6. The topological polar surface area (TPSA) is 70.4 Å². The summed E-state index contributed by atoms with van der Waals surface area (Å²) in [5, 5.41) is 14.6. The van der Waals surface area contributed by atoms with Gasteiger partial charge in [0, 0.05) is 39.3 Å². The highest BCUT2D eigenvalue weighted by atomic mass is 19.4. The minimum absolute atomic E-state index is 0.224. The minimum Gasteiger partial charge on any atom is -0.357 e. The van der Waals surface area contributed by atoms with E-state index in [0.29, 0.717) is 13.1 Å². The van der Waals surface area contributed by atoms with E-state index in [1.807, 2.05) is 18.5 Å². The second-order valence-electron chi connectivity index (χ2n) is 7.11. The number of nitrogens with one attached hydrogen (secondary N) is 2. The third-order valence-corrected chi connectivity index (χ3v) is 4.83. The number of likely N-dealkylation sites (tertiary alicyclic amines) is 1. The zero-order chi connectivity index (χ0) is 20.9. The molecule has 3 rings (SSSR count). The normalized spacial score (nSPS) is 18.2. The predicted molar refractivity (Wildman–Crippen MR) is 104 cm³/mol. The number of guanidine groups is 1. The van der Waals surface area contributed by atoms with Gasteiger partial charge in [0.05, 0.1) is 5.56 Å². The molecule has 29 heavy (non-hydrogen) atoms. The van der Waals surface area contributed by atoms with Crippen molar-refractivity contribution in [2.75, 3.05) is 19.6 Å². The number of benzene rings is 1. The van der Waals surface area contributed by atoms with Crippen molar-refractivity contribution in [1.29, 1.82) is 0 Å². The molecule has 2 aromatic rings. The summed E-state index contributed by atoms with van der Waals surface area (Å²) in [7, 11) is 1.88. The van der Waals surface area contributed by atoms with E-state index in [-0.39, 0.29) is 6.04 Å². The van der Waals surface area contributed by atoms with Gasteiger partial charge in [0.2, 0.25) is 0 Å². The summed E-state index contributed by atoms with van der Waals surface area (Å²) in [6.07, 6.45) is -1.72. The predicted octanol–water partition coefficient (Wildman–Crippen LogP) is 2.16. The molecule has 1 unspecified atom stereocenters. The van der Waals surface area contributed by atoms with Crippen molar-refractivity contribution in [3.05, 3.63) is 47.5 Å². The number of alkyl halides is 3. The van der Waals surface area contributed by atoms with Crippen LogP contribution in [-0.4, -0.2) is 51.3 Å². The Labute approximate surface area is 168 Å². The van der Waals surface area contributed by atoms with E-state index in [2.05, 4.69) is 30.7 Å². The number of halogens is 3. The van der Waals surface area contributed by atoms with Crippen molar-refractivity contribution in [2.45, 2.75) is 38.7 Å². The fourth-order valence-corrected chi connectivity index (χ4v) is 3.26. The number of rotatable bonds is 6. The fraction of sp³-hybridized carbons (Fsp3) is 0.526. The average molecular weight is 409 g/mol. The Kier molecular flexibility index (Phi) is 6.73. The molecule has 7 nitrogen and oxygen atoms in total. The summed E-state index contributed by atoms with van der Waals surface area (Å²) in [4.78, 5) is 6.80. The van der Waals surface area contributed by atoms with Crippen molar-refractivity contribution in [3.63, 3.8) is 0 Å². The molecule has 10 heteroatoms. The molecule has 1 saturated heterocycles. The molecule has 1 aliphatic heterocycles. The molecule has 0 saturated carbocycles. The highest BCUT2D eigenvalue weighted by molar-refractivity contribution is 5.80. The lowest BCUT2D eigenvalue weighted by molar-refractivity contribution is -0.137. The first kappa shape index (κ1) is 21.1. The number of nitrogens with zero attached hydrogens (tertiary/aromatic N) is 5. The Bertz CT molecular complexity index is 814. The average Bonchev–Trinajstić information content (AvgIpc) is 3.28. The van der Waals surface area contributed by atoms with Gasteiger partial charge in [-0.3, -0.25) is 4.90 Å². The number of aliphatic imine (C=N–C) groups is 1. The van der Waals surface area contributed by atoms with Gasteiger partial charge in [-0.05, 0) is 31.0 Å². The van der Waals surface area contributed by atoms with Crippen LogP contribution >= 0.6 is 0 Å². The number of hydrogen-bond acceptors (Lipinski definition) is 4. The molecule has 1 atom stereocenters. The summed E-state index contributed by atoms with van der Waals surface area (Å²) in [5.41, 5.74) is 0.262. The van der Waals surface area contributed by atoms with Crippen LogP contribution in [0.1, 0.15) is 30.3 Å². The van der Waals surface area contributed by atoms with E-state index in [9.17, 15) is 13.2 Å². The van der Waals surface area contributed by atoms with Gasteiger partial charge in [0.15, 0.2) is 11.8 Å². The van der Waals surface area contributed by atoms with Crippen LogP contribution < -0.4 is 10.6 Å². The molecule has 1 aromatic carbocycles. The molecule has 2 N–H and O–H groups in total. The van der Waals surface area contributed by atoms with E-state index in [4.69, 9.17) is 0 Å². The van der Waals surface area contributed by atoms with Gasteiger partial charge in [-0.1, -0.05) is 12.1 Å². The van der Waals surface area contributed by atoms with Crippen LogP contribution in [0.15, 0.2) is 35.6 Å². The fourth-order valence-electron chi connectivity index (χ4n) is 3.26. The summed E-state index contributed by atoms with van der Waals surface area (Å²) in [5.74, 6) is 1.49.